The molecule has 15 heavy (non-hydrogen) atoms. The van der Waals surface area contributed by atoms with E-state index in [1.165, 1.54) is 0 Å². The van der Waals surface area contributed by atoms with Crippen molar-refractivity contribution in [2.75, 3.05) is 0 Å². The van der Waals surface area contributed by atoms with E-state index in [4.69, 9.17) is 0 Å². The SMILES string of the molecule is c1cc(-c2nc3cnccc3[nH]2)ccn1. The third-order valence-corrected chi connectivity index (χ3v) is 2.24. The normalized spacial score (nSPS) is 10.7. The van der Waals surface area contributed by atoms with Crippen LogP contribution < -0.4 is 0 Å². The van der Waals surface area contributed by atoms with Crippen molar-refractivity contribution < 1.29 is 0 Å². The quantitative estimate of drug-likeness (QED) is 0.647. The number of fused-ring (bicyclic) bond motifs is 1. The second-order valence-corrected chi connectivity index (χ2v) is 3.21. The minimum Gasteiger partial charge on any atom is -0.338 e. The average molecular weight is 196 g/mol. The van der Waals surface area contributed by atoms with Crippen molar-refractivity contribution in [1.29, 1.82) is 0 Å². The molecule has 0 amide bonds. The fourth-order valence-electron chi connectivity index (χ4n) is 1.50. The minimum absolute atomic E-state index is 0.848. The molecular formula is C11H8N4. The summed E-state index contributed by atoms with van der Waals surface area (Å²) in [5, 5.41) is 0. The zero-order chi connectivity index (χ0) is 10.1. The van der Waals surface area contributed by atoms with Crippen LogP contribution in [0.25, 0.3) is 22.4 Å². The number of aromatic nitrogens is 4. The zero-order valence-corrected chi connectivity index (χ0v) is 7.88. The molecule has 0 atom stereocenters. The number of imidazole rings is 1. The number of pyridine rings is 2. The molecule has 3 aromatic rings. The first-order valence-electron chi connectivity index (χ1n) is 4.63. The number of nitrogens with zero attached hydrogens (tertiary/aromatic N) is 3. The monoisotopic (exact) mass is 196 g/mol. The van der Waals surface area contributed by atoms with E-state index in [-0.39, 0.29) is 0 Å². The lowest BCUT2D eigenvalue weighted by atomic mass is 10.3. The summed E-state index contributed by atoms with van der Waals surface area (Å²) in [4.78, 5) is 15.7. The van der Waals surface area contributed by atoms with Gasteiger partial charge in [0.1, 0.15) is 11.3 Å². The molecule has 0 aliphatic carbocycles. The van der Waals surface area contributed by atoms with Crippen molar-refractivity contribution in [3.8, 4) is 11.4 Å². The van der Waals surface area contributed by atoms with Crippen molar-refractivity contribution in [2.24, 2.45) is 0 Å². The van der Waals surface area contributed by atoms with E-state index >= 15 is 0 Å². The Morgan fingerprint density at radius 1 is 0.933 bits per heavy atom. The Kier molecular flexibility index (Phi) is 1.71. The maximum Gasteiger partial charge on any atom is 0.138 e. The Balaban J connectivity index is 2.21. The molecule has 0 saturated heterocycles. The Morgan fingerprint density at radius 2 is 1.73 bits per heavy atom. The first kappa shape index (κ1) is 8.11. The number of hydrogen-bond acceptors (Lipinski definition) is 3. The van der Waals surface area contributed by atoms with E-state index < -0.39 is 0 Å². The molecule has 3 rings (SSSR count). The molecule has 1 N–H and O–H groups in total. The van der Waals surface area contributed by atoms with Gasteiger partial charge in [-0.2, -0.15) is 0 Å². The summed E-state index contributed by atoms with van der Waals surface area (Å²) in [5.41, 5.74) is 2.90. The van der Waals surface area contributed by atoms with Gasteiger partial charge in [0.25, 0.3) is 0 Å². The second kappa shape index (κ2) is 3.16. The van der Waals surface area contributed by atoms with Gasteiger partial charge in [-0.3, -0.25) is 9.97 Å². The fourth-order valence-corrected chi connectivity index (χ4v) is 1.50. The summed E-state index contributed by atoms with van der Waals surface area (Å²) in [7, 11) is 0. The highest BCUT2D eigenvalue weighted by molar-refractivity contribution is 5.78. The number of H-pyrrole nitrogens is 1. The van der Waals surface area contributed by atoms with Crippen molar-refractivity contribution in [3.63, 3.8) is 0 Å². The molecule has 0 aliphatic heterocycles. The van der Waals surface area contributed by atoms with Gasteiger partial charge in [-0.15, -0.1) is 0 Å². The van der Waals surface area contributed by atoms with Gasteiger partial charge >= 0.3 is 0 Å². The van der Waals surface area contributed by atoms with E-state index in [1.807, 2.05) is 18.2 Å². The minimum atomic E-state index is 0.848. The standard InChI is InChI=1S/C11H8N4/c1-4-12-5-2-8(1)11-14-9-3-6-13-7-10(9)15-11/h1-7H,(H,14,15). The van der Waals surface area contributed by atoms with Crippen LogP contribution in [0, 0.1) is 0 Å². The maximum absolute atomic E-state index is 4.44. The van der Waals surface area contributed by atoms with Crippen molar-refractivity contribution in [3.05, 3.63) is 43.0 Å². The molecule has 3 heterocycles. The molecule has 0 unspecified atom stereocenters. The molecule has 0 spiro atoms. The van der Waals surface area contributed by atoms with Crippen LogP contribution in [0.1, 0.15) is 0 Å². The predicted molar refractivity (Wildman–Crippen MR) is 57.1 cm³/mol. The van der Waals surface area contributed by atoms with Gasteiger partial charge in [0.05, 0.1) is 11.7 Å². The predicted octanol–water partition coefficient (Wildman–Crippen LogP) is 2.02. The van der Waals surface area contributed by atoms with E-state index in [2.05, 4.69) is 19.9 Å². The molecule has 3 aromatic heterocycles. The van der Waals surface area contributed by atoms with Crippen LogP contribution in [0.5, 0.6) is 0 Å². The van der Waals surface area contributed by atoms with Crippen LogP contribution in [-0.4, -0.2) is 19.9 Å². The van der Waals surface area contributed by atoms with Crippen LogP contribution in [-0.2, 0) is 0 Å². The van der Waals surface area contributed by atoms with Gasteiger partial charge in [0.2, 0.25) is 0 Å². The molecule has 72 valence electrons. The van der Waals surface area contributed by atoms with Gasteiger partial charge in [-0.25, -0.2) is 4.98 Å². The fraction of sp³-hybridized carbons (Fsp3) is 0. The number of aromatic amines is 1. The summed E-state index contributed by atoms with van der Waals surface area (Å²) in [6, 6.07) is 5.75. The van der Waals surface area contributed by atoms with Crippen LogP contribution in [0.2, 0.25) is 0 Å². The third kappa shape index (κ3) is 1.36. The molecule has 4 nitrogen and oxygen atoms in total. The van der Waals surface area contributed by atoms with Crippen molar-refractivity contribution in [1.82, 2.24) is 19.9 Å². The first-order chi connectivity index (χ1) is 7.43. The van der Waals surface area contributed by atoms with E-state index in [9.17, 15) is 0 Å². The zero-order valence-electron chi connectivity index (χ0n) is 7.88. The number of rotatable bonds is 1. The molecule has 0 fully saturated rings. The summed E-state index contributed by atoms with van der Waals surface area (Å²) >= 11 is 0. The Bertz CT molecular complexity index is 553. The lowest BCUT2D eigenvalue weighted by Crippen LogP contribution is -1.79. The Morgan fingerprint density at radius 3 is 2.53 bits per heavy atom. The summed E-state index contributed by atoms with van der Waals surface area (Å²) in [5.74, 6) is 0.848. The molecule has 0 saturated carbocycles. The van der Waals surface area contributed by atoms with Crippen LogP contribution in [0.4, 0.5) is 0 Å². The van der Waals surface area contributed by atoms with Crippen LogP contribution in [0.3, 0.4) is 0 Å². The molecular weight excluding hydrogens is 188 g/mol. The third-order valence-electron chi connectivity index (χ3n) is 2.24. The summed E-state index contributed by atoms with van der Waals surface area (Å²) < 4.78 is 0. The van der Waals surface area contributed by atoms with Crippen LogP contribution in [0.15, 0.2) is 43.0 Å². The smallest absolute Gasteiger partial charge is 0.138 e. The summed E-state index contributed by atoms with van der Waals surface area (Å²) in [6.07, 6.45) is 6.99. The van der Waals surface area contributed by atoms with Gasteiger partial charge < -0.3 is 4.98 Å². The Labute approximate surface area is 86.0 Å². The van der Waals surface area contributed by atoms with E-state index in [1.54, 1.807) is 24.8 Å². The topological polar surface area (TPSA) is 54.5 Å². The highest BCUT2D eigenvalue weighted by atomic mass is 14.9. The first-order valence-corrected chi connectivity index (χ1v) is 4.63. The van der Waals surface area contributed by atoms with Crippen LogP contribution >= 0.6 is 0 Å². The lowest BCUT2D eigenvalue weighted by Gasteiger charge is -1.92. The summed E-state index contributed by atoms with van der Waals surface area (Å²) in [6.45, 7) is 0. The molecule has 4 heteroatoms. The average Bonchev–Trinajstić information content (AvgIpc) is 2.74. The highest BCUT2D eigenvalue weighted by Gasteiger charge is 2.03. The van der Waals surface area contributed by atoms with E-state index in [0.29, 0.717) is 0 Å². The number of hydrogen-bond donors (Lipinski definition) is 1. The molecule has 0 bridgehead atoms. The maximum atomic E-state index is 4.44. The van der Waals surface area contributed by atoms with Gasteiger partial charge in [-0.05, 0) is 18.2 Å². The van der Waals surface area contributed by atoms with Crippen molar-refractivity contribution in [2.45, 2.75) is 0 Å². The molecule has 0 aromatic carbocycles. The Hall–Kier alpha value is -2.23. The molecule has 0 radical (unpaired) electrons. The van der Waals surface area contributed by atoms with Crippen molar-refractivity contribution >= 4 is 11.0 Å². The second-order valence-electron chi connectivity index (χ2n) is 3.21. The lowest BCUT2D eigenvalue weighted by molar-refractivity contribution is 1.28. The largest absolute Gasteiger partial charge is 0.338 e. The van der Waals surface area contributed by atoms with Gasteiger partial charge in [-0.1, -0.05) is 0 Å². The van der Waals surface area contributed by atoms with E-state index in [0.717, 1.165) is 22.4 Å². The molecule has 0 aliphatic rings. The number of nitrogens with one attached hydrogen (secondary N) is 1. The highest BCUT2D eigenvalue weighted by Crippen LogP contribution is 2.18. The van der Waals surface area contributed by atoms with Gasteiger partial charge in [0.15, 0.2) is 0 Å². The van der Waals surface area contributed by atoms with Gasteiger partial charge in [0, 0.05) is 24.2 Å².